The van der Waals surface area contributed by atoms with Crippen molar-refractivity contribution in [2.24, 2.45) is 5.10 Å². The molecule has 9 nitrogen and oxygen atoms in total. The molecule has 9 heteroatoms. The summed E-state index contributed by atoms with van der Waals surface area (Å²) in [5.41, 5.74) is -0.745. The average Bonchev–Trinajstić information content (AvgIpc) is 2.68. The molecule has 3 aromatic rings. The minimum atomic E-state index is -0.703. The van der Waals surface area contributed by atoms with Gasteiger partial charge in [-0.15, -0.1) is 4.68 Å². The van der Waals surface area contributed by atoms with E-state index in [0.717, 1.165) is 0 Å². The van der Waals surface area contributed by atoms with E-state index in [1.54, 1.807) is 30.3 Å². The van der Waals surface area contributed by atoms with E-state index >= 15 is 0 Å². The molecular weight excluding hydrogens is 364 g/mol. The van der Waals surface area contributed by atoms with Gasteiger partial charge in [0.2, 0.25) is 0 Å². The number of para-hydroxylation sites is 1. The minimum absolute atomic E-state index is 0.150. The summed E-state index contributed by atoms with van der Waals surface area (Å²) in [5.74, 6) is 0.150. The van der Waals surface area contributed by atoms with Crippen molar-refractivity contribution in [3.63, 3.8) is 0 Å². The van der Waals surface area contributed by atoms with Gasteiger partial charge in [0, 0.05) is 11.6 Å². The number of fused-ring (bicyclic) bond motifs is 1. The number of hydrogen-bond acceptors (Lipinski definition) is 6. The molecule has 0 saturated heterocycles. The van der Waals surface area contributed by atoms with E-state index in [1.807, 2.05) is 13.8 Å². The van der Waals surface area contributed by atoms with Crippen LogP contribution in [0.25, 0.3) is 10.9 Å². The monoisotopic (exact) mass is 382 g/mol. The number of nitro benzene ring substituents is 1. The molecule has 0 saturated carbocycles. The number of hydrogen-bond donors (Lipinski definition) is 1. The maximum absolute atomic E-state index is 12.5. The van der Waals surface area contributed by atoms with Gasteiger partial charge in [0.05, 0.1) is 28.1 Å². The molecule has 0 aliphatic heterocycles. The number of H-pyrrole nitrogens is 1. The number of nitrogens with one attached hydrogen (secondary N) is 1. The number of rotatable bonds is 6. The molecule has 0 spiro atoms. The molecule has 0 radical (unpaired) electrons. The van der Waals surface area contributed by atoms with Crippen LogP contribution in [0.3, 0.4) is 0 Å². The van der Waals surface area contributed by atoms with Crippen LogP contribution in [0.1, 0.15) is 25.8 Å². The fourth-order valence-corrected chi connectivity index (χ4v) is 2.54. The maximum atomic E-state index is 12.5. The number of nitrogens with zero attached hydrogens (tertiary/aromatic N) is 3. The molecule has 0 aliphatic rings. The van der Waals surface area contributed by atoms with Crippen molar-refractivity contribution in [2.75, 3.05) is 0 Å². The van der Waals surface area contributed by atoms with Crippen LogP contribution in [0, 0.1) is 10.1 Å². The highest BCUT2D eigenvalue weighted by molar-refractivity contribution is 5.82. The van der Waals surface area contributed by atoms with Gasteiger partial charge >= 0.3 is 11.4 Å². The molecule has 28 heavy (non-hydrogen) atoms. The van der Waals surface area contributed by atoms with Gasteiger partial charge in [-0.05, 0) is 37.6 Å². The Morgan fingerprint density at radius 2 is 2.04 bits per heavy atom. The van der Waals surface area contributed by atoms with E-state index in [2.05, 4.69) is 10.1 Å². The maximum Gasteiger partial charge on any atom is 0.349 e. The van der Waals surface area contributed by atoms with E-state index in [9.17, 15) is 19.7 Å². The summed E-state index contributed by atoms with van der Waals surface area (Å²) in [6.45, 7) is 3.73. The van der Waals surface area contributed by atoms with Gasteiger partial charge in [0.25, 0.3) is 5.56 Å². The number of benzene rings is 2. The van der Waals surface area contributed by atoms with E-state index < -0.39 is 16.2 Å². The Balaban J connectivity index is 2.00. The normalized spacial score (nSPS) is 12.4. The fraction of sp³-hybridized carbons (Fsp3) is 0.211. The number of aromatic nitrogens is 2. The zero-order chi connectivity index (χ0) is 20.3. The molecule has 0 bridgehead atoms. The largest absolute Gasteiger partial charge is 0.484 e. The van der Waals surface area contributed by atoms with Gasteiger partial charge in [0.15, 0.2) is 5.75 Å². The quantitative estimate of drug-likeness (QED) is 0.399. The van der Waals surface area contributed by atoms with Crippen molar-refractivity contribution >= 4 is 22.8 Å². The van der Waals surface area contributed by atoms with E-state index in [4.69, 9.17) is 4.74 Å². The van der Waals surface area contributed by atoms with Crippen molar-refractivity contribution in [1.29, 1.82) is 0 Å². The van der Waals surface area contributed by atoms with Gasteiger partial charge in [0.1, 0.15) is 0 Å². The second kappa shape index (κ2) is 7.87. The lowest BCUT2D eigenvalue weighted by molar-refractivity contribution is -0.386. The Morgan fingerprint density at radius 1 is 1.29 bits per heavy atom. The van der Waals surface area contributed by atoms with Crippen LogP contribution >= 0.6 is 0 Å². The van der Waals surface area contributed by atoms with Gasteiger partial charge < -0.3 is 9.72 Å². The van der Waals surface area contributed by atoms with Crippen LogP contribution in [0.15, 0.2) is 57.2 Å². The third-order valence-electron chi connectivity index (χ3n) is 4.19. The van der Waals surface area contributed by atoms with Crippen molar-refractivity contribution < 1.29 is 9.66 Å². The Morgan fingerprint density at radius 3 is 2.75 bits per heavy atom. The highest BCUT2D eigenvalue weighted by Gasteiger charge is 2.17. The van der Waals surface area contributed by atoms with Crippen LogP contribution in [0.2, 0.25) is 0 Å². The molecule has 1 atom stereocenters. The summed E-state index contributed by atoms with van der Waals surface area (Å²) in [5, 5.41) is 15.6. The third kappa shape index (κ3) is 3.83. The van der Waals surface area contributed by atoms with Crippen molar-refractivity contribution in [2.45, 2.75) is 26.4 Å². The molecule has 1 heterocycles. The molecule has 2 aromatic carbocycles. The van der Waals surface area contributed by atoms with Gasteiger partial charge in [-0.3, -0.25) is 14.9 Å². The summed E-state index contributed by atoms with van der Waals surface area (Å²) < 4.78 is 6.24. The summed E-state index contributed by atoms with van der Waals surface area (Å²) in [6.07, 6.45) is 1.74. The van der Waals surface area contributed by atoms with Crippen LogP contribution in [-0.4, -0.2) is 26.9 Å². The lowest BCUT2D eigenvalue weighted by atomic mass is 10.2. The lowest BCUT2D eigenvalue weighted by Gasteiger charge is -2.12. The first-order chi connectivity index (χ1) is 13.4. The Kier molecular flexibility index (Phi) is 5.35. The van der Waals surface area contributed by atoms with Crippen LogP contribution in [0.5, 0.6) is 5.75 Å². The molecule has 1 aromatic heterocycles. The first-order valence-electron chi connectivity index (χ1n) is 8.64. The van der Waals surface area contributed by atoms with Gasteiger partial charge in [-0.25, -0.2) is 4.79 Å². The van der Waals surface area contributed by atoms with Crippen molar-refractivity contribution in [1.82, 2.24) is 9.66 Å². The molecule has 0 aliphatic carbocycles. The second-order valence-corrected chi connectivity index (χ2v) is 6.16. The molecular formula is C19H18N4O5. The first kappa shape index (κ1) is 19.0. The van der Waals surface area contributed by atoms with Crippen LogP contribution < -0.4 is 16.0 Å². The number of aromatic amines is 1. The third-order valence-corrected chi connectivity index (χ3v) is 4.19. The zero-order valence-corrected chi connectivity index (χ0v) is 15.3. The molecule has 1 N–H and O–H groups in total. The average molecular weight is 382 g/mol. The predicted molar refractivity (Wildman–Crippen MR) is 105 cm³/mol. The molecule has 0 unspecified atom stereocenters. The zero-order valence-electron chi connectivity index (χ0n) is 15.3. The summed E-state index contributed by atoms with van der Waals surface area (Å²) >= 11 is 0. The van der Waals surface area contributed by atoms with Gasteiger partial charge in [-0.1, -0.05) is 19.1 Å². The lowest BCUT2D eigenvalue weighted by Crippen LogP contribution is -2.32. The predicted octanol–water partition coefficient (Wildman–Crippen LogP) is 2.66. The molecule has 3 rings (SSSR count). The molecule has 144 valence electrons. The number of ether oxygens (including phenoxy) is 1. The fourth-order valence-electron chi connectivity index (χ4n) is 2.54. The smallest absolute Gasteiger partial charge is 0.349 e. The van der Waals surface area contributed by atoms with Gasteiger partial charge in [-0.2, -0.15) is 5.10 Å². The van der Waals surface area contributed by atoms with Crippen LogP contribution in [0.4, 0.5) is 5.69 Å². The highest BCUT2D eigenvalue weighted by Crippen LogP contribution is 2.28. The standard InChI is InChI=1S/C19H18N4O5/c1-3-12(2)28-17-9-8-13(10-16(17)23(26)27)11-20-22-18(24)14-6-4-5-7-15(14)21-19(22)25/h4-12H,3H2,1-2H3,(H,21,25)/t12-/m1/s1. The minimum Gasteiger partial charge on any atom is -0.484 e. The second-order valence-electron chi connectivity index (χ2n) is 6.16. The van der Waals surface area contributed by atoms with E-state index in [0.29, 0.717) is 27.6 Å². The van der Waals surface area contributed by atoms with E-state index in [1.165, 1.54) is 18.3 Å². The summed E-state index contributed by atoms with van der Waals surface area (Å²) in [6, 6.07) is 10.9. The Labute approximate surface area is 159 Å². The van der Waals surface area contributed by atoms with Crippen molar-refractivity contribution in [3.05, 3.63) is 79.0 Å². The molecule has 0 amide bonds. The van der Waals surface area contributed by atoms with Crippen LogP contribution in [-0.2, 0) is 0 Å². The van der Waals surface area contributed by atoms with Crippen molar-refractivity contribution in [3.8, 4) is 5.75 Å². The Hall–Kier alpha value is -3.75. The summed E-state index contributed by atoms with van der Waals surface area (Å²) in [7, 11) is 0. The first-order valence-corrected chi connectivity index (χ1v) is 8.64. The van der Waals surface area contributed by atoms with E-state index in [-0.39, 0.29) is 17.5 Å². The molecule has 0 fully saturated rings. The SMILES string of the molecule is CC[C@@H](C)Oc1ccc(C=Nn2c(=O)[nH]c3ccccc3c2=O)cc1[N+](=O)[O-]. The number of nitro groups is 1. The Bertz CT molecular complexity index is 1180. The highest BCUT2D eigenvalue weighted by atomic mass is 16.6. The summed E-state index contributed by atoms with van der Waals surface area (Å²) in [4.78, 5) is 37.9. The topological polar surface area (TPSA) is 120 Å².